The van der Waals surface area contributed by atoms with E-state index in [-0.39, 0.29) is 12.1 Å². The summed E-state index contributed by atoms with van der Waals surface area (Å²) in [6.07, 6.45) is -2.87. The standard InChI is InChI=1S/C15H23F3N4O2S/c1-3-19-13(21-10-14(23-2)4-6-24-7-5-14)20-8-12-22-11(9-25-12)15(16,17)18/h9H,3-8,10H2,1-2H3,(H2,19,20,21). The number of guanidine groups is 1. The van der Waals surface area contributed by atoms with Crippen molar-refractivity contribution in [3.05, 3.63) is 16.1 Å². The van der Waals surface area contributed by atoms with Crippen LogP contribution in [0.4, 0.5) is 13.2 Å². The van der Waals surface area contributed by atoms with Crippen LogP contribution >= 0.6 is 11.3 Å². The molecule has 0 amide bonds. The first kappa shape index (κ1) is 19.9. The van der Waals surface area contributed by atoms with Gasteiger partial charge in [0.25, 0.3) is 0 Å². The number of nitrogens with zero attached hydrogens (tertiary/aromatic N) is 2. The highest BCUT2D eigenvalue weighted by molar-refractivity contribution is 7.09. The van der Waals surface area contributed by atoms with Crippen LogP contribution in [0.2, 0.25) is 0 Å². The van der Waals surface area contributed by atoms with E-state index >= 15 is 0 Å². The monoisotopic (exact) mass is 380 g/mol. The zero-order chi connectivity index (χ0) is 18.3. The van der Waals surface area contributed by atoms with Crippen molar-refractivity contribution in [3.8, 4) is 0 Å². The van der Waals surface area contributed by atoms with E-state index in [0.29, 0.717) is 37.3 Å². The molecule has 0 bridgehead atoms. The Hall–Kier alpha value is -1.39. The molecule has 0 spiro atoms. The Bertz CT molecular complexity index is 571. The summed E-state index contributed by atoms with van der Waals surface area (Å²) in [7, 11) is 1.67. The molecule has 6 nitrogen and oxygen atoms in total. The fourth-order valence-corrected chi connectivity index (χ4v) is 3.17. The molecule has 2 N–H and O–H groups in total. The largest absolute Gasteiger partial charge is 0.434 e. The zero-order valence-electron chi connectivity index (χ0n) is 14.3. The Labute approximate surface area is 148 Å². The Morgan fingerprint density at radius 1 is 1.40 bits per heavy atom. The number of thiazole rings is 1. The molecule has 0 saturated carbocycles. The lowest BCUT2D eigenvalue weighted by molar-refractivity contribution is -0.140. The summed E-state index contributed by atoms with van der Waals surface area (Å²) < 4.78 is 48.8. The van der Waals surface area contributed by atoms with Crippen molar-refractivity contribution in [1.29, 1.82) is 0 Å². The van der Waals surface area contributed by atoms with Gasteiger partial charge in [-0.1, -0.05) is 0 Å². The van der Waals surface area contributed by atoms with Gasteiger partial charge in [0, 0.05) is 51.6 Å². The molecule has 0 radical (unpaired) electrons. The lowest BCUT2D eigenvalue weighted by Crippen LogP contribution is -2.50. The van der Waals surface area contributed by atoms with E-state index in [4.69, 9.17) is 9.47 Å². The Morgan fingerprint density at radius 2 is 2.12 bits per heavy atom. The molecule has 1 aliphatic heterocycles. The number of nitrogens with one attached hydrogen (secondary N) is 2. The normalized spacial score (nSPS) is 18.2. The third-order valence-corrected chi connectivity index (χ3v) is 4.81. The summed E-state index contributed by atoms with van der Waals surface area (Å²) in [5.74, 6) is 0.522. The van der Waals surface area contributed by atoms with Gasteiger partial charge in [0.15, 0.2) is 11.7 Å². The van der Waals surface area contributed by atoms with Crippen LogP contribution < -0.4 is 10.6 Å². The number of rotatable bonds is 6. The molecule has 0 aliphatic carbocycles. The second-order valence-corrected chi connectivity index (χ2v) is 6.62. The molecule has 142 valence electrons. The summed E-state index contributed by atoms with van der Waals surface area (Å²) in [4.78, 5) is 7.90. The van der Waals surface area contributed by atoms with E-state index in [1.807, 2.05) is 6.92 Å². The summed E-state index contributed by atoms with van der Waals surface area (Å²) in [6.45, 7) is 4.47. The molecule has 2 rings (SSSR count). The fourth-order valence-electron chi connectivity index (χ4n) is 2.44. The molecule has 10 heteroatoms. The highest BCUT2D eigenvalue weighted by Crippen LogP contribution is 2.30. The number of hydrogen-bond donors (Lipinski definition) is 2. The number of aromatic nitrogens is 1. The van der Waals surface area contributed by atoms with Gasteiger partial charge in [-0.05, 0) is 6.92 Å². The topological polar surface area (TPSA) is 67.8 Å². The predicted molar refractivity (Wildman–Crippen MR) is 89.7 cm³/mol. The molecule has 1 aliphatic rings. The number of hydrogen-bond acceptors (Lipinski definition) is 5. The molecular formula is C15H23F3N4O2S. The summed E-state index contributed by atoms with van der Waals surface area (Å²) >= 11 is 0.951. The van der Waals surface area contributed by atoms with Crippen LogP contribution in [0.3, 0.4) is 0 Å². The van der Waals surface area contributed by atoms with E-state index in [1.54, 1.807) is 7.11 Å². The van der Waals surface area contributed by atoms with Crippen molar-refractivity contribution in [2.24, 2.45) is 4.99 Å². The van der Waals surface area contributed by atoms with Crippen molar-refractivity contribution in [2.75, 3.05) is 33.4 Å². The zero-order valence-corrected chi connectivity index (χ0v) is 15.1. The van der Waals surface area contributed by atoms with Crippen molar-refractivity contribution in [3.63, 3.8) is 0 Å². The van der Waals surface area contributed by atoms with Crippen LogP contribution in [0, 0.1) is 0 Å². The minimum Gasteiger partial charge on any atom is -0.381 e. The van der Waals surface area contributed by atoms with E-state index < -0.39 is 11.9 Å². The molecule has 2 heterocycles. The Morgan fingerprint density at radius 3 is 2.68 bits per heavy atom. The number of halogens is 3. The molecule has 1 aromatic heterocycles. The van der Waals surface area contributed by atoms with Crippen molar-refractivity contribution in [1.82, 2.24) is 15.6 Å². The van der Waals surface area contributed by atoms with Crippen molar-refractivity contribution >= 4 is 17.3 Å². The highest BCUT2D eigenvalue weighted by Gasteiger charge is 2.34. The first-order valence-electron chi connectivity index (χ1n) is 8.05. The minimum absolute atomic E-state index is 0.0825. The molecule has 1 saturated heterocycles. The van der Waals surface area contributed by atoms with Crippen molar-refractivity contribution in [2.45, 2.75) is 38.1 Å². The summed E-state index contributed by atoms with van der Waals surface area (Å²) in [6, 6.07) is 0. The highest BCUT2D eigenvalue weighted by atomic mass is 32.1. The van der Waals surface area contributed by atoms with Crippen LogP contribution in [0.1, 0.15) is 30.5 Å². The van der Waals surface area contributed by atoms with Crippen molar-refractivity contribution < 1.29 is 22.6 Å². The summed E-state index contributed by atoms with van der Waals surface area (Å²) in [5.41, 5.74) is -1.19. The molecular weight excluding hydrogens is 357 g/mol. The molecule has 0 atom stereocenters. The van der Waals surface area contributed by atoms with Crippen LogP contribution in [0.25, 0.3) is 0 Å². The van der Waals surface area contributed by atoms with Gasteiger partial charge in [-0.2, -0.15) is 13.2 Å². The van der Waals surface area contributed by atoms with Gasteiger partial charge >= 0.3 is 6.18 Å². The quantitative estimate of drug-likeness (QED) is 0.586. The van der Waals surface area contributed by atoms with Gasteiger partial charge in [0.2, 0.25) is 0 Å². The van der Waals surface area contributed by atoms with E-state index in [2.05, 4.69) is 20.6 Å². The number of aliphatic imine (C=N–C) groups is 1. The van der Waals surface area contributed by atoms with Crippen LogP contribution in [-0.4, -0.2) is 50.0 Å². The first-order valence-corrected chi connectivity index (χ1v) is 8.93. The van der Waals surface area contributed by atoms with Crippen LogP contribution in [0.5, 0.6) is 0 Å². The summed E-state index contributed by atoms with van der Waals surface area (Å²) in [5, 5.41) is 7.60. The van der Waals surface area contributed by atoms with E-state index in [9.17, 15) is 13.2 Å². The van der Waals surface area contributed by atoms with Gasteiger partial charge < -0.3 is 20.1 Å². The third kappa shape index (κ3) is 5.82. The number of ether oxygens (including phenoxy) is 2. The molecule has 25 heavy (non-hydrogen) atoms. The molecule has 0 unspecified atom stereocenters. The Balaban J connectivity index is 1.97. The maximum absolute atomic E-state index is 12.6. The van der Waals surface area contributed by atoms with E-state index in [1.165, 1.54) is 0 Å². The molecule has 0 aromatic carbocycles. The van der Waals surface area contributed by atoms with Crippen LogP contribution in [0.15, 0.2) is 10.4 Å². The van der Waals surface area contributed by atoms with Gasteiger partial charge in [-0.15, -0.1) is 11.3 Å². The Kier molecular flexibility index (Phi) is 7.03. The lowest BCUT2D eigenvalue weighted by Gasteiger charge is -2.36. The average Bonchev–Trinajstić information content (AvgIpc) is 3.07. The van der Waals surface area contributed by atoms with E-state index in [0.717, 1.165) is 29.6 Å². The fraction of sp³-hybridized carbons (Fsp3) is 0.733. The predicted octanol–water partition coefficient (Wildman–Crippen LogP) is 2.41. The average molecular weight is 380 g/mol. The van der Waals surface area contributed by atoms with Gasteiger partial charge in [0.1, 0.15) is 5.01 Å². The second kappa shape index (κ2) is 8.81. The van der Waals surface area contributed by atoms with Crippen LogP contribution in [-0.2, 0) is 22.2 Å². The SMILES string of the molecule is CCNC(=NCc1nc(C(F)(F)F)cs1)NCC1(OC)CCOCC1. The maximum Gasteiger partial charge on any atom is 0.434 e. The maximum atomic E-state index is 12.6. The smallest absolute Gasteiger partial charge is 0.381 e. The van der Waals surface area contributed by atoms with Gasteiger partial charge in [-0.3, -0.25) is 0 Å². The number of alkyl halides is 3. The third-order valence-electron chi connectivity index (χ3n) is 3.97. The second-order valence-electron chi connectivity index (χ2n) is 5.67. The number of methoxy groups -OCH3 is 1. The molecule has 1 aromatic rings. The first-order chi connectivity index (χ1) is 11.9. The van der Waals surface area contributed by atoms with Gasteiger partial charge in [0.05, 0.1) is 12.1 Å². The lowest BCUT2D eigenvalue weighted by atomic mass is 9.94. The molecule has 1 fully saturated rings. The van der Waals surface area contributed by atoms with Gasteiger partial charge in [-0.25, -0.2) is 9.98 Å². The minimum atomic E-state index is -4.42.